The zero-order valence-corrected chi connectivity index (χ0v) is 10.5. The molecule has 1 aromatic carbocycles. The lowest BCUT2D eigenvalue weighted by Crippen LogP contribution is -2.02. The Bertz CT molecular complexity index is 536. The van der Waals surface area contributed by atoms with E-state index < -0.39 is 9.05 Å². The van der Waals surface area contributed by atoms with Crippen LogP contribution in [0.25, 0.3) is 0 Å². The number of nitrogens with zero attached hydrogens (tertiary/aromatic N) is 1. The minimum absolute atomic E-state index is 0.00549. The van der Waals surface area contributed by atoms with Crippen LogP contribution < -0.4 is 5.73 Å². The molecule has 0 saturated carbocycles. The van der Waals surface area contributed by atoms with Crippen LogP contribution >= 0.6 is 26.6 Å². The van der Waals surface area contributed by atoms with E-state index >= 15 is 0 Å². The van der Waals surface area contributed by atoms with Crippen LogP contribution in [0.3, 0.4) is 0 Å². The molecule has 0 aliphatic carbocycles. The number of rotatable bonds is 2. The van der Waals surface area contributed by atoms with Crippen LogP contribution in [0.4, 0.5) is 0 Å². The summed E-state index contributed by atoms with van der Waals surface area (Å²) in [6, 6.07) is 4.44. The van der Waals surface area contributed by atoms with E-state index in [2.05, 4.69) is 15.9 Å². The fraction of sp³-hybridized carbons (Fsp3) is 0.125. The Morgan fingerprint density at radius 3 is 2.53 bits per heavy atom. The summed E-state index contributed by atoms with van der Waals surface area (Å²) < 4.78 is 22.9. The van der Waals surface area contributed by atoms with Gasteiger partial charge in [-0.15, -0.1) is 0 Å². The number of hydrogen-bond donors (Lipinski definition) is 1. The van der Waals surface area contributed by atoms with Crippen LogP contribution in [0.5, 0.6) is 0 Å². The third-order valence-electron chi connectivity index (χ3n) is 1.75. The number of nitrogens with two attached hydrogens (primary N) is 1. The predicted molar refractivity (Wildman–Crippen MR) is 59.8 cm³/mol. The molecule has 0 unspecified atom stereocenters. The quantitative estimate of drug-likeness (QED) is 0.843. The highest BCUT2D eigenvalue weighted by molar-refractivity contribution is 9.10. The van der Waals surface area contributed by atoms with Gasteiger partial charge in [0.1, 0.15) is 11.0 Å². The fourth-order valence-electron chi connectivity index (χ4n) is 1.04. The van der Waals surface area contributed by atoms with Crippen molar-refractivity contribution >= 4 is 35.7 Å². The Morgan fingerprint density at radius 1 is 1.53 bits per heavy atom. The third kappa shape index (κ3) is 2.69. The van der Waals surface area contributed by atoms with Crippen molar-refractivity contribution in [2.75, 3.05) is 0 Å². The largest absolute Gasteiger partial charge is 0.326 e. The van der Waals surface area contributed by atoms with Gasteiger partial charge < -0.3 is 5.73 Å². The van der Waals surface area contributed by atoms with Gasteiger partial charge in [-0.25, -0.2) is 8.42 Å². The molecule has 2 N–H and O–H groups in total. The monoisotopic (exact) mass is 308 g/mol. The van der Waals surface area contributed by atoms with E-state index in [1.165, 1.54) is 12.1 Å². The van der Waals surface area contributed by atoms with Crippen LogP contribution in [0, 0.1) is 11.3 Å². The molecule has 0 aliphatic rings. The molecule has 7 heteroatoms. The highest BCUT2D eigenvalue weighted by Gasteiger charge is 2.17. The van der Waals surface area contributed by atoms with Crippen LogP contribution in [0.1, 0.15) is 11.1 Å². The summed E-state index contributed by atoms with van der Waals surface area (Å²) in [5.41, 5.74) is 5.98. The second-order valence-electron chi connectivity index (χ2n) is 2.69. The van der Waals surface area contributed by atoms with Gasteiger partial charge in [0.25, 0.3) is 9.05 Å². The molecule has 0 aromatic heterocycles. The molecule has 15 heavy (non-hydrogen) atoms. The van der Waals surface area contributed by atoms with Crippen molar-refractivity contribution in [3.8, 4) is 6.07 Å². The minimum atomic E-state index is -3.92. The Hall–Kier alpha value is -0.610. The molecule has 1 rings (SSSR count). The molecule has 0 radical (unpaired) electrons. The Labute approximate surface area is 100 Å². The number of halogens is 2. The maximum Gasteiger partial charge on any atom is 0.262 e. The lowest BCUT2D eigenvalue weighted by Gasteiger charge is -2.05. The first-order chi connectivity index (χ1) is 6.90. The number of nitriles is 1. The minimum Gasteiger partial charge on any atom is -0.326 e. The first-order valence-electron chi connectivity index (χ1n) is 3.77. The lowest BCUT2D eigenvalue weighted by atomic mass is 10.1. The van der Waals surface area contributed by atoms with E-state index in [1.54, 1.807) is 6.07 Å². The molecule has 4 nitrogen and oxygen atoms in total. The molecule has 0 saturated heterocycles. The second kappa shape index (κ2) is 4.49. The summed E-state index contributed by atoms with van der Waals surface area (Å²) in [6.45, 7) is 0.158. The zero-order valence-electron chi connectivity index (χ0n) is 7.37. The van der Waals surface area contributed by atoms with E-state index in [0.717, 1.165) is 0 Å². The molecular weight excluding hydrogens is 304 g/mol. The van der Waals surface area contributed by atoms with Gasteiger partial charge in [-0.3, -0.25) is 0 Å². The Balaban J connectivity index is 3.59. The van der Waals surface area contributed by atoms with Gasteiger partial charge in [0.2, 0.25) is 0 Å². The summed E-state index contributed by atoms with van der Waals surface area (Å²) in [5, 5.41) is 8.74. The molecule has 0 aliphatic heterocycles. The van der Waals surface area contributed by atoms with Crippen molar-refractivity contribution in [2.24, 2.45) is 5.73 Å². The van der Waals surface area contributed by atoms with Crippen LogP contribution in [0.15, 0.2) is 21.5 Å². The lowest BCUT2D eigenvalue weighted by molar-refractivity contribution is 0.609. The Kier molecular flexibility index (Phi) is 3.73. The van der Waals surface area contributed by atoms with Gasteiger partial charge in [-0.2, -0.15) is 5.26 Å². The van der Waals surface area contributed by atoms with E-state index in [4.69, 9.17) is 21.7 Å². The van der Waals surface area contributed by atoms with E-state index in [1.807, 2.05) is 0 Å². The van der Waals surface area contributed by atoms with Gasteiger partial charge in [-0.05, 0) is 17.7 Å². The highest BCUT2D eigenvalue weighted by Crippen LogP contribution is 2.26. The topological polar surface area (TPSA) is 83.9 Å². The fourth-order valence-corrected chi connectivity index (χ4v) is 2.58. The maximum atomic E-state index is 11.2. The first kappa shape index (κ1) is 12.5. The summed E-state index contributed by atoms with van der Waals surface area (Å²) in [6.07, 6.45) is 0. The molecule has 0 heterocycles. The molecular formula is C8H6BrClN2O2S. The molecule has 0 spiro atoms. The molecule has 0 atom stereocenters. The number of hydrogen-bond acceptors (Lipinski definition) is 4. The standard InChI is InChI=1S/C8H6BrClN2O2S/c9-7-1-6(4-12)8(15(10,13)14)2-5(7)3-11/h1-2H,3,11H2. The van der Waals surface area contributed by atoms with Crippen LogP contribution in [-0.2, 0) is 15.6 Å². The van der Waals surface area contributed by atoms with Crippen molar-refractivity contribution in [3.63, 3.8) is 0 Å². The first-order valence-corrected chi connectivity index (χ1v) is 6.87. The van der Waals surface area contributed by atoms with E-state index in [-0.39, 0.29) is 17.0 Å². The molecule has 0 fully saturated rings. The summed E-state index contributed by atoms with van der Waals surface area (Å²) >= 11 is 3.18. The van der Waals surface area contributed by atoms with E-state index in [9.17, 15) is 8.42 Å². The summed E-state index contributed by atoms with van der Waals surface area (Å²) in [5.74, 6) is 0. The van der Waals surface area contributed by atoms with E-state index in [0.29, 0.717) is 10.0 Å². The second-order valence-corrected chi connectivity index (χ2v) is 6.08. The average Bonchev–Trinajstić information content (AvgIpc) is 2.15. The van der Waals surface area contributed by atoms with Crippen molar-refractivity contribution in [3.05, 3.63) is 27.7 Å². The van der Waals surface area contributed by atoms with Crippen molar-refractivity contribution in [1.82, 2.24) is 0 Å². The van der Waals surface area contributed by atoms with Gasteiger partial charge in [0.05, 0.1) is 5.56 Å². The van der Waals surface area contributed by atoms with Crippen molar-refractivity contribution < 1.29 is 8.42 Å². The predicted octanol–water partition coefficient (Wildman–Crippen LogP) is 1.71. The maximum absolute atomic E-state index is 11.2. The average molecular weight is 310 g/mol. The highest BCUT2D eigenvalue weighted by atomic mass is 79.9. The van der Waals surface area contributed by atoms with Gasteiger partial charge >= 0.3 is 0 Å². The molecule has 0 amide bonds. The van der Waals surface area contributed by atoms with Crippen LogP contribution in [0.2, 0.25) is 0 Å². The number of benzene rings is 1. The van der Waals surface area contributed by atoms with Crippen molar-refractivity contribution in [1.29, 1.82) is 5.26 Å². The smallest absolute Gasteiger partial charge is 0.262 e. The molecule has 80 valence electrons. The summed E-state index contributed by atoms with van der Waals surface area (Å²) in [7, 11) is 1.27. The summed E-state index contributed by atoms with van der Waals surface area (Å²) in [4.78, 5) is -0.213. The third-order valence-corrected chi connectivity index (χ3v) is 3.85. The Morgan fingerprint density at radius 2 is 2.13 bits per heavy atom. The zero-order chi connectivity index (χ0) is 11.6. The van der Waals surface area contributed by atoms with Gasteiger partial charge in [-0.1, -0.05) is 15.9 Å². The van der Waals surface area contributed by atoms with Gasteiger partial charge in [0, 0.05) is 21.7 Å². The van der Waals surface area contributed by atoms with Gasteiger partial charge in [0.15, 0.2) is 0 Å². The SMILES string of the molecule is N#Cc1cc(Br)c(CN)cc1S(=O)(=O)Cl. The van der Waals surface area contributed by atoms with Crippen LogP contribution in [-0.4, -0.2) is 8.42 Å². The normalized spacial score (nSPS) is 11.1. The van der Waals surface area contributed by atoms with Crippen molar-refractivity contribution in [2.45, 2.75) is 11.4 Å². The molecule has 0 bridgehead atoms. The molecule has 1 aromatic rings.